The first kappa shape index (κ1) is 11.2. The van der Waals surface area contributed by atoms with E-state index in [0.29, 0.717) is 0 Å². The van der Waals surface area contributed by atoms with Crippen LogP contribution in [0.3, 0.4) is 0 Å². The van der Waals surface area contributed by atoms with Gasteiger partial charge in [0.2, 0.25) is 5.69 Å². The van der Waals surface area contributed by atoms with Crippen molar-refractivity contribution in [1.29, 1.82) is 0 Å². The van der Waals surface area contributed by atoms with E-state index in [1.165, 1.54) is 22.5 Å². The van der Waals surface area contributed by atoms with Gasteiger partial charge in [0.05, 0.1) is 0 Å². The molecule has 1 heterocycles. The largest absolute Gasteiger partial charge is 0.209 e. The summed E-state index contributed by atoms with van der Waals surface area (Å²) in [6.45, 7) is 4.55. The third-order valence-corrected chi connectivity index (χ3v) is 4.38. The first-order chi connectivity index (χ1) is 8.65. The van der Waals surface area contributed by atoms with Crippen molar-refractivity contribution in [3.8, 4) is 0 Å². The summed E-state index contributed by atoms with van der Waals surface area (Å²) in [7, 11) is 2.16. The second kappa shape index (κ2) is 3.81. The molecule has 0 fully saturated rings. The molecule has 2 aromatic carbocycles. The van der Waals surface area contributed by atoms with E-state index in [9.17, 15) is 0 Å². The second-order valence-electron chi connectivity index (χ2n) is 5.15. The number of hydrogen-bond donors (Lipinski definition) is 0. The Morgan fingerprint density at radius 3 is 2.22 bits per heavy atom. The predicted octanol–water partition coefficient (Wildman–Crippen LogP) is 3.74. The zero-order valence-electron chi connectivity index (χ0n) is 11.1. The molecule has 0 spiro atoms. The van der Waals surface area contributed by atoms with E-state index >= 15 is 0 Å². The molecule has 1 heteroatoms. The lowest BCUT2D eigenvalue weighted by Crippen LogP contribution is -2.30. The third kappa shape index (κ3) is 1.30. The monoisotopic (exact) mass is 236 g/mol. The van der Waals surface area contributed by atoms with Crippen molar-refractivity contribution in [1.82, 2.24) is 0 Å². The number of benzene rings is 2. The quantitative estimate of drug-likeness (QED) is 0.664. The van der Waals surface area contributed by atoms with Gasteiger partial charge >= 0.3 is 0 Å². The van der Waals surface area contributed by atoms with Crippen LogP contribution in [0.5, 0.6) is 0 Å². The zero-order chi connectivity index (χ0) is 12.8. The molecule has 0 saturated carbocycles. The summed E-state index contributed by atoms with van der Waals surface area (Å²) in [4.78, 5) is 0. The Labute approximate surface area is 108 Å². The van der Waals surface area contributed by atoms with Crippen LogP contribution < -0.4 is 0 Å². The molecule has 0 saturated heterocycles. The standard InChI is InChI=1S/C17H18N/c1-13-17(2,14-9-5-4-6-10-14)15-11-7-8-12-16(15)18(13)3/h4-12H,1-3H3/q+1. The lowest BCUT2D eigenvalue weighted by atomic mass is 9.74. The Kier molecular flexibility index (Phi) is 2.37. The Bertz CT molecular complexity index is 625. The fourth-order valence-electron chi connectivity index (χ4n) is 3.04. The first-order valence-corrected chi connectivity index (χ1v) is 6.38. The van der Waals surface area contributed by atoms with E-state index in [2.05, 4.69) is 80.1 Å². The van der Waals surface area contributed by atoms with Gasteiger partial charge in [-0.15, -0.1) is 0 Å². The van der Waals surface area contributed by atoms with Gasteiger partial charge in [-0.05, 0) is 12.5 Å². The highest BCUT2D eigenvalue weighted by molar-refractivity contribution is 5.97. The topological polar surface area (TPSA) is 3.01 Å². The summed E-state index contributed by atoms with van der Waals surface area (Å²) in [5.41, 5.74) is 5.46. The van der Waals surface area contributed by atoms with E-state index in [-0.39, 0.29) is 5.41 Å². The average molecular weight is 236 g/mol. The molecule has 0 N–H and O–H groups in total. The van der Waals surface area contributed by atoms with Crippen molar-refractivity contribution in [2.75, 3.05) is 7.05 Å². The summed E-state index contributed by atoms with van der Waals surface area (Å²) in [5, 5.41) is 0. The lowest BCUT2D eigenvalue weighted by Gasteiger charge is -2.22. The molecule has 0 bridgehead atoms. The summed E-state index contributed by atoms with van der Waals surface area (Å²) in [5.74, 6) is 0. The molecule has 0 amide bonds. The highest BCUT2D eigenvalue weighted by atomic mass is 15.0. The summed E-state index contributed by atoms with van der Waals surface area (Å²) < 4.78 is 2.31. The van der Waals surface area contributed by atoms with Gasteiger partial charge in [0, 0.05) is 18.6 Å². The molecule has 1 aliphatic heterocycles. The summed E-state index contributed by atoms with van der Waals surface area (Å²) >= 11 is 0. The van der Waals surface area contributed by atoms with Crippen molar-refractivity contribution >= 4 is 11.4 Å². The SMILES string of the molecule is CC1=[N+](C)c2ccccc2C1(C)c1ccccc1. The molecule has 0 radical (unpaired) electrons. The van der Waals surface area contributed by atoms with Crippen LogP contribution in [0, 0.1) is 0 Å². The van der Waals surface area contributed by atoms with Gasteiger partial charge in [-0.3, -0.25) is 0 Å². The van der Waals surface area contributed by atoms with E-state index in [0.717, 1.165) is 0 Å². The van der Waals surface area contributed by atoms with Gasteiger partial charge < -0.3 is 0 Å². The van der Waals surface area contributed by atoms with Crippen molar-refractivity contribution < 1.29 is 4.58 Å². The zero-order valence-corrected chi connectivity index (χ0v) is 11.1. The molecule has 0 aromatic heterocycles. The van der Waals surface area contributed by atoms with Gasteiger partial charge in [-0.1, -0.05) is 48.5 Å². The summed E-state index contributed by atoms with van der Waals surface area (Å²) in [6, 6.07) is 19.4. The highest BCUT2D eigenvalue weighted by Gasteiger charge is 2.46. The number of hydrogen-bond acceptors (Lipinski definition) is 0. The first-order valence-electron chi connectivity index (χ1n) is 6.38. The number of fused-ring (bicyclic) bond motifs is 1. The van der Waals surface area contributed by atoms with Crippen molar-refractivity contribution in [3.05, 3.63) is 65.7 Å². The fourth-order valence-corrected chi connectivity index (χ4v) is 3.04. The van der Waals surface area contributed by atoms with E-state index in [1.807, 2.05) is 0 Å². The van der Waals surface area contributed by atoms with E-state index in [1.54, 1.807) is 0 Å². The maximum Gasteiger partial charge on any atom is 0.209 e. The van der Waals surface area contributed by atoms with Crippen LogP contribution >= 0.6 is 0 Å². The third-order valence-electron chi connectivity index (χ3n) is 4.38. The summed E-state index contributed by atoms with van der Waals surface area (Å²) in [6.07, 6.45) is 0. The van der Waals surface area contributed by atoms with Crippen molar-refractivity contribution in [2.45, 2.75) is 19.3 Å². The Morgan fingerprint density at radius 2 is 1.50 bits per heavy atom. The van der Waals surface area contributed by atoms with E-state index in [4.69, 9.17) is 0 Å². The van der Waals surface area contributed by atoms with E-state index < -0.39 is 0 Å². The molecule has 1 nitrogen and oxygen atoms in total. The van der Waals surface area contributed by atoms with Gasteiger partial charge in [-0.2, -0.15) is 0 Å². The molecule has 0 aliphatic carbocycles. The maximum absolute atomic E-state index is 2.32. The van der Waals surface area contributed by atoms with Crippen LogP contribution in [-0.2, 0) is 5.41 Å². The number of rotatable bonds is 1. The molecule has 18 heavy (non-hydrogen) atoms. The Hall–Kier alpha value is -1.89. The number of para-hydroxylation sites is 1. The van der Waals surface area contributed by atoms with Gasteiger partial charge in [-0.25, -0.2) is 4.58 Å². The minimum Gasteiger partial charge on any atom is -0.201 e. The van der Waals surface area contributed by atoms with Crippen LogP contribution in [0.2, 0.25) is 0 Å². The highest BCUT2D eigenvalue weighted by Crippen LogP contribution is 2.43. The van der Waals surface area contributed by atoms with Crippen LogP contribution in [0.4, 0.5) is 5.69 Å². The second-order valence-corrected chi connectivity index (χ2v) is 5.15. The molecule has 1 unspecified atom stereocenters. The van der Waals surface area contributed by atoms with Gasteiger partial charge in [0.25, 0.3) is 0 Å². The molecule has 1 aliphatic rings. The average Bonchev–Trinajstić information content (AvgIpc) is 2.64. The molecular weight excluding hydrogens is 218 g/mol. The fraction of sp³-hybridized carbons (Fsp3) is 0.235. The van der Waals surface area contributed by atoms with Crippen LogP contribution in [-0.4, -0.2) is 17.3 Å². The lowest BCUT2D eigenvalue weighted by molar-refractivity contribution is -0.402. The Morgan fingerprint density at radius 1 is 0.889 bits per heavy atom. The minimum atomic E-state index is -0.00734. The van der Waals surface area contributed by atoms with Gasteiger partial charge in [0.15, 0.2) is 5.71 Å². The van der Waals surface area contributed by atoms with Crippen LogP contribution in [0.15, 0.2) is 54.6 Å². The molecule has 90 valence electrons. The molecule has 2 aromatic rings. The minimum absolute atomic E-state index is 0.00734. The molecule has 3 rings (SSSR count). The normalized spacial score (nSPS) is 22.2. The van der Waals surface area contributed by atoms with Gasteiger partial charge in [0.1, 0.15) is 12.5 Å². The van der Waals surface area contributed by atoms with Crippen molar-refractivity contribution in [3.63, 3.8) is 0 Å². The maximum atomic E-state index is 2.32. The van der Waals surface area contributed by atoms with Crippen LogP contribution in [0.25, 0.3) is 0 Å². The number of nitrogens with zero attached hydrogens (tertiary/aromatic N) is 1. The van der Waals surface area contributed by atoms with Crippen LogP contribution in [0.1, 0.15) is 25.0 Å². The Balaban J connectivity index is 2.31. The van der Waals surface area contributed by atoms with Crippen molar-refractivity contribution in [2.24, 2.45) is 0 Å². The molecular formula is C17H18N+. The molecule has 1 atom stereocenters. The predicted molar refractivity (Wildman–Crippen MR) is 75.9 cm³/mol. The smallest absolute Gasteiger partial charge is 0.201 e.